The molecule has 152 valence electrons. The number of amides is 1. The summed E-state index contributed by atoms with van der Waals surface area (Å²) < 4.78 is 6.25. The minimum atomic E-state index is -1.82. The predicted molar refractivity (Wildman–Crippen MR) is 112 cm³/mol. The van der Waals surface area contributed by atoms with E-state index in [1.54, 1.807) is 6.20 Å². The smallest absolute Gasteiger partial charge is 0.407 e. The lowest BCUT2D eigenvalue weighted by atomic mass is 10.2. The number of rotatable bonds is 9. The zero-order chi connectivity index (χ0) is 20.7. The van der Waals surface area contributed by atoms with Crippen molar-refractivity contribution in [2.75, 3.05) is 27.2 Å². The van der Waals surface area contributed by atoms with Crippen LogP contribution < -0.4 is 0 Å². The summed E-state index contributed by atoms with van der Waals surface area (Å²) in [5.74, 6) is 0. The first-order valence-corrected chi connectivity index (χ1v) is 12.2. The molecule has 1 aromatic rings. The van der Waals surface area contributed by atoms with Gasteiger partial charge in [-0.05, 0) is 49.9 Å². The Morgan fingerprint density at radius 3 is 2.44 bits per heavy atom. The Hall–Kier alpha value is -1.70. The summed E-state index contributed by atoms with van der Waals surface area (Å²) in [4.78, 5) is 19.2. The minimum Gasteiger partial charge on any atom is -0.465 e. The number of carboxylic acid groups (broad SMARTS) is 1. The van der Waals surface area contributed by atoms with Crippen LogP contribution in [-0.2, 0) is 17.6 Å². The van der Waals surface area contributed by atoms with Crippen molar-refractivity contribution in [3.8, 4) is 0 Å². The number of pyridine rings is 1. The van der Waals surface area contributed by atoms with Crippen LogP contribution in [0.3, 0.4) is 0 Å². The summed E-state index contributed by atoms with van der Waals surface area (Å²) in [7, 11) is 2.12. The first kappa shape index (κ1) is 23.3. The van der Waals surface area contributed by atoms with E-state index >= 15 is 0 Å². The van der Waals surface area contributed by atoms with Gasteiger partial charge in [-0.1, -0.05) is 32.9 Å². The summed E-state index contributed by atoms with van der Waals surface area (Å²) in [5.41, 5.74) is 1.76. The molecule has 0 fully saturated rings. The molecular weight excluding hydrogens is 358 g/mol. The van der Waals surface area contributed by atoms with Crippen molar-refractivity contribution in [2.24, 2.45) is 0 Å². The van der Waals surface area contributed by atoms with Gasteiger partial charge in [0.25, 0.3) is 0 Å². The molecule has 1 N–H and O–H groups in total. The Labute approximate surface area is 165 Å². The quantitative estimate of drug-likeness (QED) is 0.503. The lowest BCUT2D eigenvalue weighted by Gasteiger charge is -2.36. The van der Waals surface area contributed by atoms with E-state index in [1.165, 1.54) is 4.90 Å². The van der Waals surface area contributed by atoms with Gasteiger partial charge in [0.15, 0.2) is 8.32 Å². The van der Waals surface area contributed by atoms with Crippen molar-refractivity contribution in [3.05, 3.63) is 41.7 Å². The second-order valence-corrected chi connectivity index (χ2v) is 13.4. The average Bonchev–Trinajstić information content (AvgIpc) is 2.54. The van der Waals surface area contributed by atoms with Gasteiger partial charge in [0.1, 0.15) is 0 Å². The van der Waals surface area contributed by atoms with Crippen LogP contribution in [0.2, 0.25) is 18.1 Å². The van der Waals surface area contributed by atoms with Crippen LogP contribution in [0.1, 0.15) is 32.0 Å². The highest BCUT2D eigenvalue weighted by Gasteiger charge is 2.37. The van der Waals surface area contributed by atoms with Crippen molar-refractivity contribution in [1.29, 1.82) is 0 Å². The Kier molecular flexibility index (Phi) is 8.65. The Balaban J connectivity index is 2.73. The van der Waals surface area contributed by atoms with Crippen LogP contribution in [0, 0.1) is 0 Å². The van der Waals surface area contributed by atoms with Crippen molar-refractivity contribution < 1.29 is 14.3 Å². The summed E-state index contributed by atoms with van der Waals surface area (Å²) in [5, 5.41) is 9.60. The summed E-state index contributed by atoms with van der Waals surface area (Å²) in [6.07, 6.45) is 4.61. The monoisotopic (exact) mass is 393 g/mol. The van der Waals surface area contributed by atoms with E-state index in [1.807, 2.05) is 43.3 Å². The molecule has 0 bridgehead atoms. The number of aromatic nitrogens is 1. The molecule has 7 heteroatoms. The van der Waals surface area contributed by atoms with Crippen molar-refractivity contribution in [3.63, 3.8) is 0 Å². The van der Waals surface area contributed by atoms with E-state index in [-0.39, 0.29) is 11.6 Å². The third-order valence-electron chi connectivity index (χ3n) is 4.87. The Bertz CT molecular complexity index is 640. The second-order valence-electron chi connectivity index (χ2n) is 8.60. The maximum Gasteiger partial charge on any atom is 0.407 e. The molecule has 0 radical (unpaired) electrons. The molecule has 0 aromatic carbocycles. The molecule has 0 atom stereocenters. The molecule has 0 spiro atoms. The van der Waals surface area contributed by atoms with Gasteiger partial charge in [0, 0.05) is 19.3 Å². The number of hydrogen-bond donors (Lipinski definition) is 1. The van der Waals surface area contributed by atoms with Gasteiger partial charge in [-0.25, -0.2) is 4.79 Å². The van der Waals surface area contributed by atoms with E-state index in [2.05, 4.69) is 38.8 Å². The van der Waals surface area contributed by atoms with Gasteiger partial charge in [-0.3, -0.25) is 9.88 Å². The van der Waals surface area contributed by atoms with Gasteiger partial charge in [-0.15, -0.1) is 0 Å². The molecule has 1 amide bonds. The summed E-state index contributed by atoms with van der Waals surface area (Å²) >= 11 is 0. The maximum absolute atomic E-state index is 11.5. The first-order valence-electron chi connectivity index (χ1n) is 9.28. The number of carbonyl (C=O) groups is 1. The number of likely N-dealkylation sites (N-methyl/N-ethyl adjacent to an activating group) is 1. The van der Waals surface area contributed by atoms with Crippen LogP contribution in [-0.4, -0.2) is 61.5 Å². The van der Waals surface area contributed by atoms with Crippen molar-refractivity contribution >= 4 is 14.4 Å². The molecule has 0 aliphatic heterocycles. The summed E-state index contributed by atoms with van der Waals surface area (Å²) in [6.45, 7) is 13.0. The number of hydrogen-bond acceptors (Lipinski definition) is 4. The molecule has 6 nitrogen and oxygen atoms in total. The van der Waals surface area contributed by atoms with E-state index < -0.39 is 14.4 Å². The van der Waals surface area contributed by atoms with E-state index in [9.17, 15) is 9.90 Å². The molecule has 1 aromatic heterocycles. The van der Waals surface area contributed by atoms with Gasteiger partial charge in [0.2, 0.25) is 0 Å². The predicted octanol–water partition coefficient (Wildman–Crippen LogP) is 4.20. The van der Waals surface area contributed by atoms with Gasteiger partial charge >= 0.3 is 6.09 Å². The Morgan fingerprint density at radius 2 is 1.89 bits per heavy atom. The van der Waals surface area contributed by atoms with Crippen LogP contribution >= 0.6 is 0 Å². The maximum atomic E-state index is 11.5. The standard InChI is InChI=1S/C20H35N3O3Si/c1-20(2,3)27(6,7)26-16-17-10-11-21-18(14-17)15-23(19(24)25)13-9-8-12-22(4)5/h8-11,14H,12-13,15-16H2,1-7H3,(H,24,25)/b9-8+. The summed E-state index contributed by atoms with van der Waals surface area (Å²) in [6, 6.07) is 3.87. The van der Waals surface area contributed by atoms with Crippen LogP contribution in [0.4, 0.5) is 4.79 Å². The fraction of sp³-hybridized carbons (Fsp3) is 0.600. The number of nitrogens with zero attached hydrogens (tertiary/aromatic N) is 3. The van der Waals surface area contributed by atoms with Crippen LogP contribution in [0.15, 0.2) is 30.5 Å². The molecule has 0 saturated carbocycles. The molecule has 0 aliphatic rings. The van der Waals surface area contributed by atoms with E-state index in [0.29, 0.717) is 13.2 Å². The topological polar surface area (TPSA) is 65.9 Å². The molecular formula is C20H35N3O3Si. The highest BCUT2D eigenvalue weighted by molar-refractivity contribution is 6.74. The second kappa shape index (κ2) is 10.0. The normalized spacial score (nSPS) is 12.7. The van der Waals surface area contributed by atoms with Crippen molar-refractivity contribution in [2.45, 2.75) is 52.1 Å². The zero-order valence-electron chi connectivity index (χ0n) is 17.8. The van der Waals surface area contributed by atoms with Gasteiger partial charge < -0.3 is 14.4 Å². The highest BCUT2D eigenvalue weighted by Crippen LogP contribution is 2.37. The SMILES string of the molecule is CN(C)C/C=C/CN(Cc1cc(CO[Si](C)(C)C(C)(C)C)ccn1)C(=O)O. The van der Waals surface area contributed by atoms with Crippen LogP contribution in [0.25, 0.3) is 0 Å². The third kappa shape index (κ3) is 8.24. The fourth-order valence-electron chi connectivity index (χ4n) is 2.08. The lowest BCUT2D eigenvalue weighted by molar-refractivity contribution is 0.147. The van der Waals surface area contributed by atoms with Crippen molar-refractivity contribution in [1.82, 2.24) is 14.8 Å². The molecule has 0 unspecified atom stereocenters. The molecule has 0 aliphatic carbocycles. The van der Waals surface area contributed by atoms with Gasteiger partial charge in [-0.2, -0.15) is 0 Å². The average molecular weight is 394 g/mol. The Morgan fingerprint density at radius 1 is 1.26 bits per heavy atom. The molecule has 0 saturated heterocycles. The minimum absolute atomic E-state index is 0.155. The third-order valence-corrected chi connectivity index (χ3v) is 9.35. The molecule has 1 rings (SSSR count). The van der Waals surface area contributed by atoms with Crippen LogP contribution in [0.5, 0.6) is 0 Å². The molecule has 27 heavy (non-hydrogen) atoms. The van der Waals surface area contributed by atoms with E-state index in [4.69, 9.17) is 4.43 Å². The largest absolute Gasteiger partial charge is 0.465 e. The van der Waals surface area contributed by atoms with E-state index in [0.717, 1.165) is 17.8 Å². The zero-order valence-corrected chi connectivity index (χ0v) is 18.8. The molecule has 1 heterocycles. The van der Waals surface area contributed by atoms with Gasteiger partial charge in [0.05, 0.1) is 18.8 Å². The lowest BCUT2D eigenvalue weighted by Crippen LogP contribution is -2.40. The first-order chi connectivity index (χ1) is 12.4. The fourth-order valence-corrected chi connectivity index (χ4v) is 3.04. The highest BCUT2D eigenvalue weighted by atomic mass is 28.4.